The van der Waals surface area contributed by atoms with E-state index in [0.717, 1.165) is 63.5 Å². The fourth-order valence-corrected chi connectivity index (χ4v) is 8.57. The van der Waals surface area contributed by atoms with Gasteiger partial charge in [0, 0.05) is 31.2 Å². The molecule has 0 N–H and O–H groups in total. The summed E-state index contributed by atoms with van der Waals surface area (Å²) in [6.07, 6.45) is 0. The molecule has 0 atom stereocenters. The van der Waals surface area contributed by atoms with Crippen LogP contribution in [0.4, 0.5) is 0 Å². The molecule has 0 saturated carbocycles. The number of rotatable bonds is 6. The molecule has 2 nitrogen and oxygen atoms in total. The summed E-state index contributed by atoms with van der Waals surface area (Å²) in [6, 6.07) is 40.2. The number of ketones is 2. The summed E-state index contributed by atoms with van der Waals surface area (Å²) in [7, 11) is 0. The second-order valence-electron chi connectivity index (χ2n) is 11.0. The van der Waals surface area contributed by atoms with Gasteiger partial charge in [-0.1, -0.05) is 117 Å². The number of carbonyl (C=O) groups excluding carboxylic acids is 2. The Morgan fingerprint density at radius 3 is 1.24 bits per heavy atom. The van der Waals surface area contributed by atoms with Crippen LogP contribution in [0.1, 0.15) is 30.5 Å². The topological polar surface area (TPSA) is 34.1 Å². The lowest BCUT2D eigenvalue weighted by Gasteiger charge is -2.24. The molecular formula is C40H22Br2O2S2. The standard InChI is InChI=1S/C40H22Br2O2S2/c41-25-15-17-27-28-18-16-26(42)22-30(28)36-34(24-11-5-2-6-12-24)38(40(44)32-14-8-20-46-32)37(39(43)31-13-7-19-45-31)33(35(36)29(27)21-25)23-9-3-1-4-10-23/h1-22H. The third-order valence-corrected chi connectivity index (χ3v) is 11.1. The van der Waals surface area contributed by atoms with Gasteiger partial charge in [0.1, 0.15) is 0 Å². The Bertz CT molecular complexity index is 2280. The van der Waals surface area contributed by atoms with E-state index in [1.54, 1.807) is 0 Å². The second kappa shape index (κ2) is 11.9. The van der Waals surface area contributed by atoms with Crippen molar-refractivity contribution in [1.29, 1.82) is 0 Å². The molecule has 6 aromatic carbocycles. The van der Waals surface area contributed by atoms with Crippen molar-refractivity contribution in [2.45, 2.75) is 0 Å². The predicted molar refractivity (Wildman–Crippen MR) is 201 cm³/mol. The van der Waals surface area contributed by atoms with E-state index in [0.29, 0.717) is 20.9 Å². The van der Waals surface area contributed by atoms with Gasteiger partial charge < -0.3 is 0 Å². The molecule has 2 heterocycles. The summed E-state index contributed by atoms with van der Waals surface area (Å²) >= 11 is 10.3. The van der Waals surface area contributed by atoms with Gasteiger partial charge in [0.05, 0.1) is 9.75 Å². The average Bonchev–Trinajstić information content (AvgIpc) is 3.83. The number of thiophene rings is 2. The van der Waals surface area contributed by atoms with Crippen LogP contribution in [0.15, 0.2) is 141 Å². The number of benzene rings is 6. The molecule has 46 heavy (non-hydrogen) atoms. The zero-order chi connectivity index (χ0) is 31.4. The minimum Gasteiger partial charge on any atom is -0.288 e. The van der Waals surface area contributed by atoms with Crippen LogP contribution in [0.25, 0.3) is 54.6 Å². The Hall–Kier alpha value is -4.20. The van der Waals surface area contributed by atoms with Crippen LogP contribution in [0.2, 0.25) is 0 Å². The van der Waals surface area contributed by atoms with E-state index in [-0.39, 0.29) is 11.6 Å². The van der Waals surface area contributed by atoms with Gasteiger partial charge in [-0.05, 0) is 90.6 Å². The van der Waals surface area contributed by atoms with Gasteiger partial charge in [0.15, 0.2) is 0 Å². The van der Waals surface area contributed by atoms with E-state index >= 15 is 0 Å². The van der Waals surface area contributed by atoms with Crippen LogP contribution in [0, 0.1) is 0 Å². The van der Waals surface area contributed by atoms with Crippen LogP contribution >= 0.6 is 54.5 Å². The smallest absolute Gasteiger partial charge is 0.204 e. The number of halogens is 2. The Morgan fingerprint density at radius 1 is 0.457 bits per heavy atom. The predicted octanol–water partition coefficient (Wildman–Crippen LogP) is 12.6. The minimum atomic E-state index is -0.162. The minimum absolute atomic E-state index is 0.162. The number of hydrogen-bond donors (Lipinski definition) is 0. The molecule has 0 unspecified atom stereocenters. The molecule has 0 fully saturated rings. The molecule has 2 aromatic heterocycles. The molecule has 0 radical (unpaired) electrons. The highest BCUT2D eigenvalue weighted by atomic mass is 79.9. The Morgan fingerprint density at radius 2 is 0.870 bits per heavy atom. The molecule has 0 aliphatic rings. The van der Waals surface area contributed by atoms with Gasteiger partial charge in [-0.3, -0.25) is 9.59 Å². The van der Waals surface area contributed by atoms with Crippen LogP contribution in [-0.2, 0) is 0 Å². The van der Waals surface area contributed by atoms with Crippen molar-refractivity contribution in [2.75, 3.05) is 0 Å². The molecule has 8 aromatic rings. The summed E-state index contributed by atoms with van der Waals surface area (Å²) in [5.41, 5.74) is 4.13. The second-order valence-corrected chi connectivity index (χ2v) is 14.7. The van der Waals surface area contributed by atoms with E-state index in [1.165, 1.54) is 22.7 Å². The molecule has 0 amide bonds. The lowest BCUT2D eigenvalue weighted by Crippen LogP contribution is -2.14. The Labute approximate surface area is 290 Å². The Kier molecular flexibility index (Phi) is 7.54. The first kappa shape index (κ1) is 29.2. The summed E-state index contributed by atoms with van der Waals surface area (Å²) in [4.78, 5) is 31.2. The van der Waals surface area contributed by atoms with E-state index in [9.17, 15) is 9.59 Å². The molecule has 220 valence electrons. The van der Waals surface area contributed by atoms with Gasteiger partial charge in [-0.15, -0.1) is 22.7 Å². The normalized spacial score (nSPS) is 11.4. The number of hydrogen-bond acceptors (Lipinski definition) is 4. The first-order chi connectivity index (χ1) is 22.5. The fraction of sp³-hybridized carbons (Fsp3) is 0. The third-order valence-electron chi connectivity index (χ3n) is 8.36. The van der Waals surface area contributed by atoms with Gasteiger partial charge in [0.2, 0.25) is 11.6 Å². The highest BCUT2D eigenvalue weighted by Gasteiger charge is 2.33. The van der Waals surface area contributed by atoms with Crippen LogP contribution in [0.5, 0.6) is 0 Å². The lowest BCUT2D eigenvalue weighted by atomic mass is 9.77. The average molecular weight is 759 g/mol. The zero-order valence-electron chi connectivity index (χ0n) is 24.1. The van der Waals surface area contributed by atoms with E-state index < -0.39 is 0 Å². The van der Waals surface area contributed by atoms with Gasteiger partial charge in [-0.2, -0.15) is 0 Å². The molecule has 0 aliphatic heterocycles. The summed E-state index contributed by atoms with van der Waals surface area (Å²) in [5, 5.41) is 9.85. The maximum absolute atomic E-state index is 15.0. The van der Waals surface area contributed by atoms with Crippen molar-refractivity contribution < 1.29 is 9.59 Å². The maximum atomic E-state index is 15.0. The molecular weight excluding hydrogens is 736 g/mol. The molecule has 8 rings (SSSR count). The summed E-state index contributed by atoms with van der Waals surface area (Å²) in [6.45, 7) is 0. The summed E-state index contributed by atoms with van der Waals surface area (Å²) in [5.74, 6) is -0.323. The van der Waals surface area contributed by atoms with Crippen LogP contribution < -0.4 is 0 Å². The van der Waals surface area contributed by atoms with Crippen molar-refractivity contribution in [3.63, 3.8) is 0 Å². The van der Waals surface area contributed by atoms with Gasteiger partial charge in [-0.25, -0.2) is 0 Å². The van der Waals surface area contributed by atoms with Crippen LogP contribution in [-0.4, -0.2) is 11.6 Å². The fourth-order valence-electron chi connectivity index (χ4n) is 6.51. The van der Waals surface area contributed by atoms with Crippen molar-refractivity contribution in [2.24, 2.45) is 0 Å². The van der Waals surface area contributed by atoms with E-state index in [1.807, 2.05) is 95.7 Å². The first-order valence-electron chi connectivity index (χ1n) is 14.6. The highest BCUT2D eigenvalue weighted by molar-refractivity contribution is 9.10. The monoisotopic (exact) mass is 756 g/mol. The molecule has 0 bridgehead atoms. The van der Waals surface area contributed by atoms with Crippen molar-refractivity contribution >= 4 is 98.4 Å². The molecule has 0 spiro atoms. The van der Waals surface area contributed by atoms with Crippen LogP contribution in [0.3, 0.4) is 0 Å². The molecule has 0 saturated heterocycles. The van der Waals surface area contributed by atoms with E-state index in [2.05, 4.69) is 68.3 Å². The van der Waals surface area contributed by atoms with Crippen molar-refractivity contribution in [3.05, 3.63) is 162 Å². The largest absolute Gasteiger partial charge is 0.288 e. The highest BCUT2D eigenvalue weighted by Crippen LogP contribution is 2.50. The zero-order valence-corrected chi connectivity index (χ0v) is 28.9. The molecule has 0 aliphatic carbocycles. The lowest BCUT2D eigenvalue weighted by molar-refractivity contribution is 0.101. The van der Waals surface area contributed by atoms with E-state index in [4.69, 9.17) is 0 Å². The van der Waals surface area contributed by atoms with Crippen molar-refractivity contribution in [3.8, 4) is 22.3 Å². The van der Waals surface area contributed by atoms with Gasteiger partial charge in [0.25, 0.3) is 0 Å². The maximum Gasteiger partial charge on any atom is 0.204 e. The Balaban J connectivity index is 1.76. The SMILES string of the molecule is O=C(c1cccs1)c1c(C(=O)c2cccs2)c(-c2ccccc2)c2c3cc(Br)ccc3c3ccc(Br)cc3c2c1-c1ccccc1. The quantitative estimate of drug-likeness (QED) is 0.125. The number of carbonyl (C=O) groups is 2. The summed E-state index contributed by atoms with van der Waals surface area (Å²) < 4.78 is 1.87. The number of fused-ring (bicyclic) bond motifs is 6. The third kappa shape index (κ3) is 4.79. The van der Waals surface area contributed by atoms with Gasteiger partial charge >= 0.3 is 0 Å². The first-order valence-corrected chi connectivity index (χ1v) is 18.0. The van der Waals surface area contributed by atoms with Crippen molar-refractivity contribution in [1.82, 2.24) is 0 Å². The molecule has 6 heteroatoms.